The maximum atomic E-state index is 15.0. The molecule has 0 radical (unpaired) electrons. The lowest BCUT2D eigenvalue weighted by Crippen LogP contribution is -2.55. The van der Waals surface area contributed by atoms with E-state index in [0.717, 1.165) is 16.0 Å². The molecule has 1 aliphatic heterocycles. The summed E-state index contributed by atoms with van der Waals surface area (Å²) in [5, 5.41) is 21.0. The number of hydrogen-bond acceptors (Lipinski definition) is 10. The van der Waals surface area contributed by atoms with Gasteiger partial charge in [0.25, 0.3) is 11.8 Å². The summed E-state index contributed by atoms with van der Waals surface area (Å²) in [6.45, 7) is 21.6. The smallest absolute Gasteiger partial charge is 0.347 e. The van der Waals surface area contributed by atoms with E-state index in [1.54, 1.807) is 95.6 Å². The van der Waals surface area contributed by atoms with Crippen LogP contribution in [0.4, 0.5) is 4.79 Å². The van der Waals surface area contributed by atoms with Crippen molar-refractivity contribution in [1.29, 1.82) is 0 Å². The fourth-order valence-corrected chi connectivity index (χ4v) is 6.86. The number of amides is 5. The van der Waals surface area contributed by atoms with Gasteiger partial charge in [0.15, 0.2) is 0 Å². The van der Waals surface area contributed by atoms with Crippen LogP contribution >= 0.6 is 0 Å². The largest absolute Gasteiger partial charge is 0.488 e. The first kappa shape index (κ1) is 47.7. The van der Waals surface area contributed by atoms with Crippen molar-refractivity contribution in [3.63, 3.8) is 0 Å². The van der Waals surface area contributed by atoms with Crippen molar-refractivity contribution < 1.29 is 48.6 Å². The van der Waals surface area contributed by atoms with Gasteiger partial charge in [0.1, 0.15) is 34.7 Å². The monoisotopic (exact) mass is 832 g/mol. The first-order valence-electron chi connectivity index (χ1n) is 20.3. The lowest BCUT2D eigenvalue weighted by atomic mass is 9.89. The number of rotatable bonds is 13. The molecule has 0 saturated heterocycles. The molecule has 328 valence electrons. The molecule has 1 aliphatic rings. The molecule has 0 aliphatic carbocycles. The number of nitrogens with zero attached hydrogens (tertiary/aromatic N) is 3. The SMILES string of the molecule is CC(C)(C)Oc1ccc(C[C@H](C(=O)N(O)OC(C)(C)C)C(=O)N2CCc3ccccc3C2CN(C(=O)NO)C(=O)[C@H](Cc2ccc(OC(C)(C)C)cc2)OC(C)(C)C)cc1. The molecule has 14 heteroatoms. The molecule has 60 heavy (non-hydrogen) atoms. The number of nitrogens with one attached hydrogen (secondary N) is 1. The van der Waals surface area contributed by atoms with E-state index >= 15 is 0 Å². The van der Waals surface area contributed by atoms with E-state index in [2.05, 4.69) is 0 Å². The van der Waals surface area contributed by atoms with Crippen LogP contribution in [0.25, 0.3) is 0 Å². The summed E-state index contributed by atoms with van der Waals surface area (Å²) >= 11 is 0. The maximum absolute atomic E-state index is 15.0. The minimum Gasteiger partial charge on any atom is -0.488 e. The Kier molecular flexibility index (Phi) is 15.2. The minimum absolute atomic E-state index is 0.0707. The number of benzene rings is 3. The van der Waals surface area contributed by atoms with E-state index in [0.29, 0.717) is 29.0 Å². The van der Waals surface area contributed by atoms with Crippen LogP contribution in [0.5, 0.6) is 11.5 Å². The molecule has 0 aromatic heterocycles. The zero-order valence-electron chi connectivity index (χ0n) is 37.2. The third-order valence-corrected chi connectivity index (χ3v) is 9.13. The Bertz CT molecular complexity index is 1940. The van der Waals surface area contributed by atoms with Crippen molar-refractivity contribution >= 4 is 23.8 Å². The predicted molar refractivity (Wildman–Crippen MR) is 225 cm³/mol. The second-order valence-electron chi connectivity index (χ2n) is 19.1. The molecule has 14 nitrogen and oxygen atoms in total. The van der Waals surface area contributed by atoms with E-state index in [1.165, 1.54) is 4.90 Å². The number of ether oxygens (including phenoxy) is 3. The number of hydroxylamine groups is 3. The summed E-state index contributed by atoms with van der Waals surface area (Å²) in [7, 11) is 0. The van der Waals surface area contributed by atoms with E-state index in [9.17, 15) is 29.6 Å². The molecule has 1 unspecified atom stereocenters. The predicted octanol–water partition coefficient (Wildman–Crippen LogP) is 7.63. The average molecular weight is 833 g/mol. The average Bonchev–Trinajstić information content (AvgIpc) is 3.13. The van der Waals surface area contributed by atoms with Gasteiger partial charge in [0.2, 0.25) is 5.91 Å². The maximum Gasteiger partial charge on any atom is 0.347 e. The van der Waals surface area contributed by atoms with Gasteiger partial charge in [-0.05, 0) is 142 Å². The molecule has 3 atom stereocenters. The van der Waals surface area contributed by atoms with Crippen LogP contribution in [0.15, 0.2) is 72.8 Å². The number of carbonyl (C=O) groups excluding carboxylic acids is 4. The van der Waals surface area contributed by atoms with Gasteiger partial charge >= 0.3 is 6.03 Å². The van der Waals surface area contributed by atoms with Gasteiger partial charge < -0.3 is 19.1 Å². The van der Waals surface area contributed by atoms with Gasteiger partial charge in [-0.1, -0.05) is 53.8 Å². The molecule has 3 aromatic rings. The summed E-state index contributed by atoms with van der Waals surface area (Å²) in [4.78, 5) is 65.0. The lowest BCUT2D eigenvalue weighted by Gasteiger charge is -2.41. The first-order valence-corrected chi connectivity index (χ1v) is 20.3. The van der Waals surface area contributed by atoms with Gasteiger partial charge in [0.05, 0.1) is 23.8 Å². The van der Waals surface area contributed by atoms with Crippen molar-refractivity contribution in [1.82, 2.24) is 20.5 Å². The summed E-state index contributed by atoms with van der Waals surface area (Å²) < 4.78 is 18.2. The topological polar surface area (TPSA) is 167 Å². The Hall–Kier alpha value is -5.02. The Balaban J connectivity index is 1.74. The Morgan fingerprint density at radius 3 is 1.72 bits per heavy atom. The molecular weight excluding hydrogens is 769 g/mol. The third-order valence-electron chi connectivity index (χ3n) is 9.13. The standard InChI is InChI=1S/C46H64N4O10/c1-43(2,3)57-33-21-17-30(18-22-33)27-36(40(52)50(56)60-46(10,11)12)39(51)48-26-25-32-15-13-14-16-35(32)37(48)29-49(42(54)47-55)41(53)38(59-45(7,8)9)28-31-19-23-34(24-20-31)58-44(4,5)6/h13-24,36-38,55-56H,25-29H2,1-12H3,(H,47,54)/t36-,37?,38-/m0/s1. The highest BCUT2D eigenvalue weighted by atomic mass is 16.9. The molecule has 3 N–H and O–H groups in total. The minimum atomic E-state index is -1.49. The van der Waals surface area contributed by atoms with Gasteiger partial charge in [0, 0.05) is 13.0 Å². The second-order valence-corrected chi connectivity index (χ2v) is 19.1. The van der Waals surface area contributed by atoms with Crippen molar-refractivity contribution in [2.45, 2.75) is 137 Å². The van der Waals surface area contributed by atoms with Crippen molar-refractivity contribution in [2.24, 2.45) is 5.92 Å². The molecular formula is C46H64N4O10. The van der Waals surface area contributed by atoms with Gasteiger partial charge in [-0.15, -0.1) is 0 Å². The number of fused-ring (bicyclic) bond motifs is 1. The van der Waals surface area contributed by atoms with E-state index in [4.69, 9.17) is 19.0 Å². The van der Waals surface area contributed by atoms with E-state index in [1.807, 2.05) is 65.8 Å². The fraction of sp³-hybridized carbons (Fsp3) is 0.522. The Morgan fingerprint density at radius 1 is 0.717 bits per heavy atom. The Labute approximate surface area is 354 Å². The van der Waals surface area contributed by atoms with Crippen molar-refractivity contribution in [2.75, 3.05) is 13.1 Å². The molecule has 5 amide bonds. The van der Waals surface area contributed by atoms with Crippen LogP contribution in [0.1, 0.15) is 111 Å². The lowest BCUT2D eigenvalue weighted by molar-refractivity contribution is -0.353. The second kappa shape index (κ2) is 19.1. The highest BCUT2D eigenvalue weighted by Crippen LogP contribution is 2.34. The van der Waals surface area contributed by atoms with Crippen LogP contribution in [0, 0.1) is 5.92 Å². The highest BCUT2D eigenvalue weighted by molar-refractivity contribution is 6.00. The van der Waals surface area contributed by atoms with E-state index in [-0.39, 0.29) is 24.6 Å². The highest BCUT2D eigenvalue weighted by Gasteiger charge is 2.43. The molecule has 0 saturated carbocycles. The summed E-state index contributed by atoms with van der Waals surface area (Å²) in [5.41, 5.74) is 1.79. The van der Waals surface area contributed by atoms with Crippen molar-refractivity contribution in [3.8, 4) is 11.5 Å². The number of urea groups is 1. The molecule has 4 rings (SSSR count). The number of imide groups is 1. The first-order chi connectivity index (χ1) is 27.7. The van der Waals surface area contributed by atoms with Crippen LogP contribution in [0.3, 0.4) is 0 Å². The molecule has 1 heterocycles. The fourth-order valence-electron chi connectivity index (χ4n) is 6.86. The van der Waals surface area contributed by atoms with Crippen molar-refractivity contribution in [3.05, 3.63) is 95.1 Å². The van der Waals surface area contributed by atoms with Crippen LogP contribution in [0.2, 0.25) is 0 Å². The molecule has 0 bridgehead atoms. The van der Waals surface area contributed by atoms with Gasteiger partial charge in [-0.2, -0.15) is 0 Å². The van der Waals surface area contributed by atoms with Gasteiger partial charge in [-0.25, -0.2) is 15.1 Å². The quantitative estimate of drug-likeness (QED) is 0.0886. The molecule has 0 fully saturated rings. The normalized spacial score (nSPS) is 15.6. The number of carbonyl (C=O) groups is 4. The summed E-state index contributed by atoms with van der Waals surface area (Å²) in [6, 6.07) is 19.5. The molecule has 3 aromatic carbocycles. The summed E-state index contributed by atoms with van der Waals surface area (Å²) in [6.07, 6.45) is -0.841. The third kappa shape index (κ3) is 14.0. The zero-order valence-corrected chi connectivity index (χ0v) is 37.2. The Morgan fingerprint density at radius 2 is 1.23 bits per heavy atom. The van der Waals surface area contributed by atoms with Gasteiger partial charge in [-0.3, -0.25) is 29.7 Å². The zero-order chi connectivity index (χ0) is 44.8. The van der Waals surface area contributed by atoms with Crippen LogP contribution in [-0.4, -0.2) is 90.8 Å². The van der Waals surface area contributed by atoms with E-state index < -0.39 is 70.8 Å². The van der Waals surface area contributed by atoms with Crippen LogP contribution < -0.4 is 15.0 Å². The van der Waals surface area contributed by atoms with Crippen LogP contribution in [-0.2, 0) is 43.2 Å². The summed E-state index contributed by atoms with van der Waals surface area (Å²) in [5.74, 6) is -2.67. The molecule has 0 spiro atoms. The number of hydrogen-bond donors (Lipinski definition) is 3.